The maximum Gasteiger partial charge on any atom is 0.291 e. The number of furan rings is 1. The van der Waals surface area contributed by atoms with Crippen molar-refractivity contribution in [3.63, 3.8) is 0 Å². The van der Waals surface area contributed by atoms with Crippen LogP contribution < -0.4 is 9.47 Å². The van der Waals surface area contributed by atoms with Gasteiger partial charge in [0.1, 0.15) is 29.4 Å². The molecule has 0 spiro atoms. The lowest BCUT2D eigenvalue weighted by atomic mass is 10.1. The van der Waals surface area contributed by atoms with Gasteiger partial charge in [-0.05, 0) is 41.1 Å². The molecule has 0 radical (unpaired) electrons. The lowest BCUT2D eigenvalue weighted by Crippen LogP contribution is -1.95. The molecule has 9 heteroatoms. The normalized spacial score (nSPS) is 11.0. The third-order valence-electron chi connectivity index (χ3n) is 4.57. The van der Waals surface area contributed by atoms with E-state index < -0.39 is 0 Å². The van der Waals surface area contributed by atoms with E-state index >= 15 is 0 Å². The molecule has 0 aliphatic carbocycles. The lowest BCUT2D eigenvalue weighted by Gasteiger charge is -2.06. The number of fused-ring (bicyclic) bond motifs is 1. The lowest BCUT2D eigenvalue weighted by molar-refractivity contribution is 0.306. The van der Waals surface area contributed by atoms with Crippen LogP contribution in [-0.2, 0) is 6.61 Å². The van der Waals surface area contributed by atoms with Crippen LogP contribution >= 0.6 is 11.6 Å². The molecule has 0 saturated carbocycles. The Morgan fingerprint density at radius 1 is 0.968 bits per heavy atom. The minimum absolute atomic E-state index is 0.00938. The van der Waals surface area contributed by atoms with Crippen LogP contribution in [0.4, 0.5) is 0 Å². The Morgan fingerprint density at radius 3 is 2.58 bits per heavy atom. The Labute approximate surface area is 181 Å². The first-order valence-corrected chi connectivity index (χ1v) is 9.67. The number of tetrazole rings is 1. The van der Waals surface area contributed by atoms with Crippen LogP contribution in [-0.4, -0.2) is 25.7 Å². The van der Waals surface area contributed by atoms with E-state index in [1.807, 2.05) is 42.5 Å². The number of ether oxygens (including phenoxy) is 2. The minimum atomic E-state index is -0.00938. The molecule has 0 unspecified atom stereocenters. The third kappa shape index (κ3) is 4.15. The molecule has 3 aromatic carbocycles. The van der Waals surface area contributed by atoms with Crippen LogP contribution in [0.1, 0.15) is 5.56 Å². The smallest absolute Gasteiger partial charge is 0.291 e. The Morgan fingerprint density at radius 2 is 1.81 bits per heavy atom. The number of halogens is 1. The van der Waals surface area contributed by atoms with Gasteiger partial charge in [-0.2, -0.15) is 5.21 Å². The Kier molecular flexibility index (Phi) is 4.89. The van der Waals surface area contributed by atoms with Crippen LogP contribution in [0.2, 0.25) is 5.02 Å². The highest BCUT2D eigenvalue weighted by Crippen LogP contribution is 2.34. The van der Waals surface area contributed by atoms with E-state index in [1.165, 1.54) is 12.1 Å². The maximum absolute atomic E-state index is 9.51. The molecule has 2 N–H and O–H groups in total. The summed E-state index contributed by atoms with van der Waals surface area (Å²) in [6.07, 6.45) is 0. The summed E-state index contributed by atoms with van der Waals surface area (Å²) in [6, 6.07) is 19.6. The van der Waals surface area contributed by atoms with Crippen molar-refractivity contribution in [1.29, 1.82) is 0 Å². The summed E-state index contributed by atoms with van der Waals surface area (Å²) >= 11 is 5.91. The second kappa shape index (κ2) is 8.00. The average Bonchev–Trinajstić information content (AvgIpc) is 3.45. The number of aromatic amines is 1. The standard InChI is InChI=1S/C22H15ClN4O4/c23-18-11-17(5-7-19(18)28)30-21-10-15-9-16(6-8-20(15)31-21)29-12-13-1-3-14(4-2-13)22-24-26-27-25-22/h1-11,28H,12H2,(H,24,25,26,27). The zero-order valence-corrected chi connectivity index (χ0v) is 16.7. The van der Waals surface area contributed by atoms with Gasteiger partial charge >= 0.3 is 0 Å². The first-order valence-electron chi connectivity index (χ1n) is 9.29. The zero-order chi connectivity index (χ0) is 21.2. The Bertz CT molecular complexity index is 1330. The van der Waals surface area contributed by atoms with Gasteiger partial charge in [0.15, 0.2) is 0 Å². The molecule has 0 saturated heterocycles. The van der Waals surface area contributed by atoms with Crippen LogP contribution in [0.5, 0.6) is 23.2 Å². The molecule has 5 rings (SSSR count). The second-order valence-electron chi connectivity index (χ2n) is 6.70. The molecule has 2 heterocycles. The van der Waals surface area contributed by atoms with Gasteiger partial charge < -0.3 is 19.0 Å². The first-order chi connectivity index (χ1) is 15.1. The number of hydrogen-bond acceptors (Lipinski definition) is 7. The average molecular weight is 435 g/mol. The van der Waals surface area contributed by atoms with Gasteiger partial charge in [0.2, 0.25) is 5.82 Å². The number of benzene rings is 3. The number of H-pyrrole nitrogens is 1. The molecule has 154 valence electrons. The van der Waals surface area contributed by atoms with Crippen molar-refractivity contribution in [3.8, 4) is 34.6 Å². The quantitative estimate of drug-likeness (QED) is 0.371. The van der Waals surface area contributed by atoms with Crippen molar-refractivity contribution in [2.24, 2.45) is 0 Å². The molecule has 0 aliphatic rings. The van der Waals surface area contributed by atoms with Gasteiger partial charge in [0, 0.05) is 23.1 Å². The molecule has 0 amide bonds. The minimum Gasteiger partial charge on any atom is -0.506 e. The number of aromatic hydroxyl groups is 1. The number of aromatic nitrogens is 4. The zero-order valence-electron chi connectivity index (χ0n) is 15.9. The van der Waals surface area contributed by atoms with Crippen molar-refractivity contribution in [1.82, 2.24) is 20.6 Å². The van der Waals surface area contributed by atoms with Crippen molar-refractivity contribution < 1.29 is 19.0 Å². The van der Waals surface area contributed by atoms with E-state index in [-0.39, 0.29) is 10.8 Å². The summed E-state index contributed by atoms with van der Waals surface area (Å²) in [6.45, 7) is 0.408. The van der Waals surface area contributed by atoms with E-state index in [9.17, 15) is 5.11 Å². The van der Waals surface area contributed by atoms with Crippen molar-refractivity contribution in [2.75, 3.05) is 0 Å². The van der Waals surface area contributed by atoms with Crippen LogP contribution in [0, 0.1) is 0 Å². The largest absolute Gasteiger partial charge is 0.506 e. The van der Waals surface area contributed by atoms with Gasteiger partial charge in [-0.25, -0.2) is 0 Å². The molecule has 2 aromatic heterocycles. The fourth-order valence-corrected chi connectivity index (χ4v) is 3.18. The summed E-state index contributed by atoms with van der Waals surface area (Å²) in [7, 11) is 0. The molecule has 0 bridgehead atoms. The van der Waals surface area contributed by atoms with Crippen molar-refractivity contribution in [3.05, 3.63) is 77.3 Å². The summed E-state index contributed by atoms with van der Waals surface area (Å²) < 4.78 is 17.3. The summed E-state index contributed by atoms with van der Waals surface area (Å²) in [5, 5.41) is 24.5. The predicted octanol–water partition coefficient (Wildman–Crippen LogP) is 5.34. The van der Waals surface area contributed by atoms with Gasteiger partial charge in [0.25, 0.3) is 5.95 Å². The van der Waals surface area contributed by atoms with E-state index in [0.717, 1.165) is 16.5 Å². The Balaban J connectivity index is 1.27. The number of nitrogens with zero attached hydrogens (tertiary/aromatic N) is 3. The number of nitrogens with one attached hydrogen (secondary N) is 1. The highest BCUT2D eigenvalue weighted by molar-refractivity contribution is 6.32. The summed E-state index contributed by atoms with van der Waals surface area (Å²) in [4.78, 5) is 0. The number of phenolic OH excluding ortho intramolecular Hbond substituents is 1. The fourth-order valence-electron chi connectivity index (χ4n) is 3.01. The highest BCUT2D eigenvalue weighted by atomic mass is 35.5. The maximum atomic E-state index is 9.51. The topological polar surface area (TPSA) is 106 Å². The number of hydrogen-bond donors (Lipinski definition) is 2. The summed E-state index contributed by atoms with van der Waals surface area (Å²) in [5.74, 6) is 2.01. The summed E-state index contributed by atoms with van der Waals surface area (Å²) in [5.41, 5.74) is 2.55. The molecule has 0 fully saturated rings. The monoisotopic (exact) mass is 434 g/mol. The van der Waals surface area contributed by atoms with Gasteiger partial charge in [-0.1, -0.05) is 35.9 Å². The predicted molar refractivity (Wildman–Crippen MR) is 113 cm³/mol. The number of rotatable bonds is 6. The molecule has 0 aliphatic heterocycles. The molecule has 31 heavy (non-hydrogen) atoms. The van der Waals surface area contributed by atoms with E-state index in [2.05, 4.69) is 20.6 Å². The van der Waals surface area contributed by atoms with E-state index in [4.69, 9.17) is 25.5 Å². The van der Waals surface area contributed by atoms with Crippen LogP contribution in [0.3, 0.4) is 0 Å². The molecular formula is C22H15ClN4O4. The molecule has 0 atom stereocenters. The Hall–Kier alpha value is -4.04. The molecule has 8 nitrogen and oxygen atoms in total. The van der Waals surface area contributed by atoms with E-state index in [0.29, 0.717) is 35.5 Å². The SMILES string of the molecule is Oc1ccc(Oc2cc3cc(OCc4ccc(-c5nn[nH]n5)cc4)ccc3o2)cc1Cl. The fraction of sp³-hybridized carbons (Fsp3) is 0.0455. The first kappa shape index (κ1) is 19.0. The van der Waals surface area contributed by atoms with Gasteiger partial charge in [-0.3, -0.25) is 0 Å². The third-order valence-corrected chi connectivity index (χ3v) is 4.87. The molecular weight excluding hydrogens is 420 g/mol. The van der Waals surface area contributed by atoms with Crippen molar-refractivity contribution >= 4 is 22.6 Å². The van der Waals surface area contributed by atoms with Crippen molar-refractivity contribution in [2.45, 2.75) is 6.61 Å². The second-order valence-corrected chi connectivity index (χ2v) is 7.11. The molecule has 5 aromatic rings. The highest BCUT2D eigenvalue weighted by Gasteiger charge is 2.09. The van der Waals surface area contributed by atoms with Gasteiger partial charge in [0.05, 0.1) is 5.02 Å². The number of phenols is 1. The van der Waals surface area contributed by atoms with Crippen LogP contribution in [0.25, 0.3) is 22.4 Å². The van der Waals surface area contributed by atoms with E-state index in [1.54, 1.807) is 12.1 Å². The van der Waals surface area contributed by atoms with Crippen LogP contribution in [0.15, 0.2) is 71.1 Å². The van der Waals surface area contributed by atoms with Gasteiger partial charge in [-0.15, -0.1) is 10.2 Å².